The number of aromatic nitrogens is 2. The third-order valence-electron chi connectivity index (χ3n) is 4.16. The highest BCUT2D eigenvalue weighted by molar-refractivity contribution is 7.99. The summed E-state index contributed by atoms with van der Waals surface area (Å²) >= 11 is 7.88. The maximum Gasteiger partial charge on any atom is 0.348 e. The Labute approximate surface area is 202 Å². The first-order valence-corrected chi connectivity index (χ1v) is 12.0. The summed E-state index contributed by atoms with van der Waals surface area (Å²) in [6.45, 7) is 5.30. The largest absolute Gasteiger partial charge is 0.462 e. The van der Waals surface area contributed by atoms with E-state index in [2.05, 4.69) is 15.5 Å². The molecule has 1 N–H and O–H groups in total. The van der Waals surface area contributed by atoms with Crippen LogP contribution in [0.4, 0.5) is 5.00 Å². The normalized spacial score (nSPS) is 10.7. The molecule has 174 valence electrons. The second-order valence-corrected chi connectivity index (χ2v) is 8.80. The van der Waals surface area contributed by atoms with Crippen molar-refractivity contribution in [3.63, 3.8) is 0 Å². The molecule has 0 aliphatic carbocycles. The Hall–Kier alpha value is -2.89. The van der Waals surface area contributed by atoms with Crippen LogP contribution in [0.5, 0.6) is 0 Å². The number of carbonyl (C=O) groups excluding carboxylic acids is 3. The molecule has 1 aromatic carbocycles. The van der Waals surface area contributed by atoms with Crippen molar-refractivity contribution in [1.82, 2.24) is 10.2 Å². The molecule has 2 heterocycles. The summed E-state index contributed by atoms with van der Waals surface area (Å²) in [7, 11) is 0. The predicted molar refractivity (Wildman–Crippen MR) is 125 cm³/mol. The average molecular weight is 510 g/mol. The predicted octanol–water partition coefficient (Wildman–Crippen LogP) is 4.84. The van der Waals surface area contributed by atoms with Gasteiger partial charge in [-0.15, -0.1) is 21.5 Å². The van der Waals surface area contributed by atoms with Crippen LogP contribution in [0.15, 0.2) is 33.9 Å². The van der Waals surface area contributed by atoms with Crippen LogP contribution in [0, 0.1) is 6.92 Å². The second kappa shape index (κ2) is 11.3. The summed E-state index contributed by atoms with van der Waals surface area (Å²) in [5, 5.41) is 11.6. The Morgan fingerprint density at radius 2 is 1.76 bits per heavy atom. The van der Waals surface area contributed by atoms with Gasteiger partial charge in [0.1, 0.15) is 9.88 Å². The molecule has 0 saturated heterocycles. The van der Waals surface area contributed by atoms with Crippen molar-refractivity contribution in [1.29, 1.82) is 0 Å². The minimum absolute atomic E-state index is 0.0593. The molecule has 33 heavy (non-hydrogen) atoms. The zero-order valence-electron chi connectivity index (χ0n) is 18.0. The molecule has 0 bridgehead atoms. The quantitative estimate of drug-likeness (QED) is 0.319. The lowest BCUT2D eigenvalue weighted by atomic mass is 10.1. The molecule has 0 radical (unpaired) electrons. The van der Waals surface area contributed by atoms with E-state index in [0.29, 0.717) is 22.0 Å². The zero-order chi connectivity index (χ0) is 24.0. The van der Waals surface area contributed by atoms with Crippen LogP contribution >= 0.6 is 34.7 Å². The van der Waals surface area contributed by atoms with E-state index in [-0.39, 0.29) is 39.6 Å². The molecule has 9 nitrogen and oxygen atoms in total. The number of halogens is 1. The number of nitrogens with one attached hydrogen (secondary N) is 1. The van der Waals surface area contributed by atoms with Crippen LogP contribution in [0.3, 0.4) is 0 Å². The van der Waals surface area contributed by atoms with E-state index in [1.54, 1.807) is 45.0 Å². The van der Waals surface area contributed by atoms with Crippen LogP contribution in [0.25, 0.3) is 11.5 Å². The van der Waals surface area contributed by atoms with Crippen molar-refractivity contribution in [3.05, 3.63) is 45.3 Å². The van der Waals surface area contributed by atoms with Crippen LogP contribution in [0.1, 0.15) is 39.4 Å². The Kier molecular flexibility index (Phi) is 8.48. The smallest absolute Gasteiger partial charge is 0.348 e. The van der Waals surface area contributed by atoms with E-state index < -0.39 is 17.8 Å². The van der Waals surface area contributed by atoms with Gasteiger partial charge in [0, 0.05) is 10.6 Å². The number of anilines is 1. The molecule has 0 spiro atoms. The lowest BCUT2D eigenvalue weighted by Gasteiger charge is -2.06. The number of esters is 2. The first-order chi connectivity index (χ1) is 15.8. The number of carbonyl (C=O) groups is 3. The van der Waals surface area contributed by atoms with Gasteiger partial charge in [0.05, 0.1) is 24.5 Å². The van der Waals surface area contributed by atoms with E-state index in [9.17, 15) is 14.4 Å². The van der Waals surface area contributed by atoms with Gasteiger partial charge in [-0.2, -0.15) is 0 Å². The third kappa shape index (κ3) is 6.12. The van der Waals surface area contributed by atoms with Gasteiger partial charge in [-0.05, 0) is 50.6 Å². The third-order valence-corrected chi connectivity index (χ3v) is 6.42. The van der Waals surface area contributed by atoms with Crippen molar-refractivity contribution in [2.75, 3.05) is 24.3 Å². The molecule has 3 aromatic rings. The topological polar surface area (TPSA) is 121 Å². The van der Waals surface area contributed by atoms with E-state index in [4.69, 9.17) is 25.5 Å². The van der Waals surface area contributed by atoms with Gasteiger partial charge in [0.25, 0.3) is 5.22 Å². The average Bonchev–Trinajstić information content (AvgIpc) is 3.38. The number of thiophene rings is 1. The molecule has 0 aliphatic heterocycles. The van der Waals surface area contributed by atoms with Crippen LogP contribution < -0.4 is 5.32 Å². The Balaban J connectivity index is 1.70. The molecule has 1 amide bonds. The van der Waals surface area contributed by atoms with Gasteiger partial charge in [-0.1, -0.05) is 23.4 Å². The lowest BCUT2D eigenvalue weighted by Crippen LogP contribution is -2.16. The highest BCUT2D eigenvalue weighted by Gasteiger charge is 2.27. The maximum atomic E-state index is 12.6. The fraction of sp³-hybridized carbons (Fsp3) is 0.286. The maximum absolute atomic E-state index is 12.6. The van der Waals surface area contributed by atoms with Gasteiger partial charge >= 0.3 is 11.9 Å². The summed E-state index contributed by atoms with van der Waals surface area (Å²) in [5.74, 6) is -1.38. The molecular weight excluding hydrogens is 490 g/mol. The van der Waals surface area contributed by atoms with E-state index in [1.165, 1.54) is 0 Å². The number of thioether (sulfide) groups is 1. The summed E-state index contributed by atoms with van der Waals surface area (Å²) in [6, 6.07) is 6.90. The zero-order valence-corrected chi connectivity index (χ0v) is 20.4. The van der Waals surface area contributed by atoms with Crippen molar-refractivity contribution in [3.8, 4) is 11.5 Å². The molecule has 3 rings (SSSR count). The van der Waals surface area contributed by atoms with Gasteiger partial charge in [-0.25, -0.2) is 9.59 Å². The molecule has 12 heteroatoms. The molecule has 2 aromatic heterocycles. The van der Waals surface area contributed by atoms with Gasteiger partial charge in [0.15, 0.2) is 0 Å². The van der Waals surface area contributed by atoms with Crippen molar-refractivity contribution in [2.45, 2.75) is 26.0 Å². The molecule has 0 unspecified atom stereocenters. The minimum Gasteiger partial charge on any atom is -0.462 e. The highest BCUT2D eigenvalue weighted by atomic mass is 35.5. The number of rotatable bonds is 9. The number of benzene rings is 1. The number of ether oxygens (including phenoxy) is 2. The van der Waals surface area contributed by atoms with Gasteiger partial charge in [0.2, 0.25) is 11.8 Å². The minimum atomic E-state index is -0.630. The second-order valence-electron chi connectivity index (χ2n) is 6.42. The first kappa shape index (κ1) is 24.7. The summed E-state index contributed by atoms with van der Waals surface area (Å²) < 4.78 is 15.7. The molecule has 0 fully saturated rings. The van der Waals surface area contributed by atoms with Crippen molar-refractivity contribution >= 4 is 57.5 Å². The first-order valence-electron chi connectivity index (χ1n) is 9.83. The van der Waals surface area contributed by atoms with E-state index >= 15 is 0 Å². The van der Waals surface area contributed by atoms with Crippen LogP contribution in [0.2, 0.25) is 5.02 Å². The van der Waals surface area contributed by atoms with E-state index in [1.807, 2.05) is 0 Å². The number of nitrogens with zero attached hydrogens (tertiary/aromatic N) is 2. The Bertz CT molecular complexity index is 1160. The molecule has 0 aliphatic rings. The van der Waals surface area contributed by atoms with Crippen LogP contribution in [-0.2, 0) is 14.3 Å². The summed E-state index contributed by atoms with van der Waals surface area (Å²) in [6.07, 6.45) is 0. The highest BCUT2D eigenvalue weighted by Crippen LogP contribution is 2.34. The van der Waals surface area contributed by atoms with Crippen molar-refractivity contribution in [2.24, 2.45) is 0 Å². The fourth-order valence-corrected chi connectivity index (χ4v) is 4.50. The summed E-state index contributed by atoms with van der Waals surface area (Å²) in [4.78, 5) is 37.4. The SMILES string of the molecule is CCOC(=O)c1sc(NC(=O)CSc2nnc(-c3ccc(Cl)cc3)o2)c(C(=O)OCC)c1C. The Morgan fingerprint density at radius 1 is 1.09 bits per heavy atom. The van der Waals surface area contributed by atoms with E-state index in [0.717, 1.165) is 23.1 Å². The Morgan fingerprint density at radius 3 is 2.42 bits per heavy atom. The van der Waals surface area contributed by atoms with Crippen LogP contribution in [-0.4, -0.2) is 47.0 Å². The fourth-order valence-electron chi connectivity index (χ4n) is 2.71. The van der Waals surface area contributed by atoms with Gasteiger partial charge in [-0.3, -0.25) is 4.79 Å². The number of hydrogen-bond acceptors (Lipinski definition) is 10. The molecule has 0 atom stereocenters. The van der Waals surface area contributed by atoms with Crippen molar-refractivity contribution < 1.29 is 28.3 Å². The lowest BCUT2D eigenvalue weighted by molar-refractivity contribution is -0.113. The number of amides is 1. The monoisotopic (exact) mass is 509 g/mol. The standard InChI is InChI=1S/C21H20ClN3O6S2/c1-4-29-19(27)15-11(3)16(20(28)30-5-2)33-18(15)23-14(26)10-32-21-25-24-17(31-21)12-6-8-13(22)9-7-12/h6-9H,4-5,10H2,1-3H3,(H,23,26). The summed E-state index contributed by atoms with van der Waals surface area (Å²) in [5.41, 5.74) is 1.22. The number of hydrogen-bond donors (Lipinski definition) is 1. The molecular formula is C21H20ClN3O6S2. The van der Waals surface area contributed by atoms with Gasteiger partial charge < -0.3 is 19.2 Å². The molecule has 0 saturated carbocycles.